The minimum Gasteiger partial charge on any atom is -0.338 e. The topological polar surface area (TPSA) is 130 Å². The van der Waals surface area contributed by atoms with Crippen molar-refractivity contribution in [1.82, 2.24) is 19.1 Å². The van der Waals surface area contributed by atoms with Gasteiger partial charge in [-0.05, 0) is 63.4 Å². The van der Waals surface area contributed by atoms with Gasteiger partial charge < -0.3 is 10.3 Å². The number of anilines is 2. The molecule has 2 aliphatic rings. The van der Waals surface area contributed by atoms with Gasteiger partial charge in [0.05, 0.1) is 28.4 Å². The Morgan fingerprint density at radius 3 is 2.66 bits per heavy atom. The number of fused-ring (bicyclic) bond motifs is 2. The number of pyridine rings is 1. The maximum atomic E-state index is 12.9. The molecule has 0 unspecified atom stereocenters. The molecule has 1 aliphatic heterocycles. The first-order valence-corrected chi connectivity index (χ1v) is 13.5. The van der Waals surface area contributed by atoms with Crippen LogP contribution in [0.5, 0.6) is 0 Å². The molecular weight excluding hydrogens is 464 g/mol. The fraction of sp³-hybridized carbons (Fsp3) is 0.480. The second-order valence-electron chi connectivity index (χ2n) is 10.6. The van der Waals surface area contributed by atoms with Crippen molar-refractivity contribution in [1.29, 1.82) is 5.26 Å². The Balaban J connectivity index is 1.57. The molecule has 0 atom stereocenters. The van der Waals surface area contributed by atoms with Crippen molar-refractivity contribution in [2.24, 2.45) is 0 Å². The molecule has 1 aromatic carbocycles. The Morgan fingerprint density at radius 1 is 1.23 bits per heavy atom. The Labute approximate surface area is 206 Å². The highest BCUT2D eigenvalue weighted by Crippen LogP contribution is 2.61. The lowest BCUT2D eigenvalue weighted by Gasteiger charge is -2.44. The molecule has 0 amide bonds. The summed E-state index contributed by atoms with van der Waals surface area (Å²) in [6, 6.07) is 9.61. The quantitative estimate of drug-likeness (QED) is 0.365. The number of hydrogen-bond acceptors (Lipinski definition) is 7. The monoisotopic (exact) mass is 496 g/mol. The molecule has 2 aromatic heterocycles. The highest BCUT2D eigenvalue weighted by molar-refractivity contribution is 8.22. The first kappa shape index (κ1) is 23.9. The van der Waals surface area contributed by atoms with Crippen LogP contribution in [0.4, 0.5) is 11.5 Å². The molecule has 9 nitrogen and oxygen atoms in total. The Hall–Kier alpha value is -2.84. The van der Waals surface area contributed by atoms with E-state index in [1.807, 2.05) is 37.6 Å². The van der Waals surface area contributed by atoms with Crippen LogP contribution in [-0.4, -0.2) is 33.7 Å². The fourth-order valence-electron chi connectivity index (χ4n) is 5.51. The third kappa shape index (κ3) is 3.93. The highest BCUT2D eigenvalue weighted by Gasteiger charge is 2.41. The highest BCUT2D eigenvalue weighted by atomic mass is 32.3. The van der Waals surface area contributed by atoms with Gasteiger partial charge in [-0.3, -0.25) is 18.6 Å². The Bertz CT molecular complexity index is 1370. The van der Waals surface area contributed by atoms with Gasteiger partial charge in [-0.2, -0.15) is 14.7 Å². The second-order valence-corrected chi connectivity index (χ2v) is 12.5. The largest absolute Gasteiger partial charge is 0.338 e. The SMILES string of the molecule is CC(C)(C)N1Cc2cc(Nc3nn(C4(CC#N)CCCCC4)c4cc[nH]c(=O)c34)ccc2S1(O)O. The normalized spacial score (nSPS) is 20.3. The standard InChI is InChI=1S/C25H32N6O3S/c1-24(2,3)30-16-17-15-18(7-8-20(17)35(30,33)34)28-22-21-19(9-14-27-23(21)32)31(29-22)25(12-13-26)10-5-4-6-11-25/h7-9,14-15,33-34H,4-6,10-12,16H2,1-3H3,(H,27,32)(H,28,29). The summed E-state index contributed by atoms with van der Waals surface area (Å²) in [5.74, 6) is 0.432. The van der Waals surface area contributed by atoms with E-state index in [-0.39, 0.29) is 5.56 Å². The van der Waals surface area contributed by atoms with Crippen molar-refractivity contribution in [2.45, 2.75) is 81.8 Å². The number of nitrogens with one attached hydrogen (secondary N) is 2. The fourth-order valence-corrected chi connectivity index (χ4v) is 7.56. The predicted octanol–water partition coefficient (Wildman–Crippen LogP) is 5.68. The summed E-state index contributed by atoms with van der Waals surface area (Å²) in [4.78, 5) is 16.2. The summed E-state index contributed by atoms with van der Waals surface area (Å²) in [5.41, 5.74) is 1.17. The van der Waals surface area contributed by atoms with Gasteiger partial charge >= 0.3 is 0 Å². The van der Waals surface area contributed by atoms with Crippen molar-refractivity contribution in [3.05, 3.63) is 46.4 Å². The molecule has 4 N–H and O–H groups in total. The van der Waals surface area contributed by atoms with Crippen LogP contribution >= 0.6 is 10.8 Å². The lowest BCUT2D eigenvalue weighted by molar-refractivity contribution is 0.185. The molecular formula is C25H32N6O3S. The van der Waals surface area contributed by atoms with E-state index in [1.54, 1.807) is 22.6 Å². The van der Waals surface area contributed by atoms with E-state index in [0.717, 1.165) is 37.7 Å². The smallest absolute Gasteiger partial charge is 0.261 e. The zero-order valence-electron chi connectivity index (χ0n) is 20.3. The van der Waals surface area contributed by atoms with Gasteiger partial charge in [0.15, 0.2) is 5.82 Å². The van der Waals surface area contributed by atoms with Crippen LogP contribution in [0, 0.1) is 11.3 Å². The van der Waals surface area contributed by atoms with Crippen molar-refractivity contribution in [3.63, 3.8) is 0 Å². The summed E-state index contributed by atoms with van der Waals surface area (Å²) >= 11 is 0. The molecule has 35 heavy (non-hydrogen) atoms. The van der Waals surface area contributed by atoms with Crippen molar-refractivity contribution in [2.75, 3.05) is 5.32 Å². The first-order chi connectivity index (χ1) is 16.6. The van der Waals surface area contributed by atoms with E-state index in [4.69, 9.17) is 5.10 Å². The van der Waals surface area contributed by atoms with Crippen LogP contribution in [0.25, 0.3) is 10.9 Å². The lowest BCUT2D eigenvalue weighted by atomic mass is 9.79. The van der Waals surface area contributed by atoms with Gasteiger partial charge in [-0.25, -0.2) is 0 Å². The molecule has 1 saturated carbocycles. The third-order valence-electron chi connectivity index (χ3n) is 7.23. The number of nitriles is 1. The first-order valence-electron chi connectivity index (χ1n) is 12.0. The summed E-state index contributed by atoms with van der Waals surface area (Å²) < 4.78 is 25.4. The van der Waals surface area contributed by atoms with Crippen LogP contribution in [0.15, 0.2) is 40.2 Å². The van der Waals surface area contributed by atoms with Crippen molar-refractivity contribution < 1.29 is 9.11 Å². The molecule has 3 aromatic rings. The maximum absolute atomic E-state index is 12.9. The number of aromatic amines is 1. The van der Waals surface area contributed by atoms with Gasteiger partial charge in [0, 0.05) is 24.0 Å². The zero-order chi connectivity index (χ0) is 25.0. The minimum atomic E-state index is -3.06. The predicted molar refractivity (Wildman–Crippen MR) is 138 cm³/mol. The summed E-state index contributed by atoms with van der Waals surface area (Å²) in [7, 11) is -3.06. The molecule has 5 rings (SSSR count). The van der Waals surface area contributed by atoms with E-state index < -0.39 is 21.9 Å². The van der Waals surface area contributed by atoms with Gasteiger partial charge in [-0.15, -0.1) is 10.8 Å². The van der Waals surface area contributed by atoms with Gasteiger partial charge in [-0.1, -0.05) is 19.3 Å². The van der Waals surface area contributed by atoms with E-state index in [0.29, 0.717) is 40.3 Å². The number of H-pyrrole nitrogens is 1. The van der Waals surface area contributed by atoms with Gasteiger partial charge in [0.25, 0.3) is 5.56 Å². The van der Waals surface area contributed by atoms with Crippen molar-refractivity contribution >= 4 is 33.2 Å². The molecule has 1 aliphatic carbocycles. The summed E-state index contributed by atoms with van der Waals surface area (Å²) in [6.45, 7) is 6.29. The van der Waals surface area contributed by atoms with Gasteiger partial charge in [0.1, 0.15) is 5.39 Å². The average molecular weight is 497 g/mol. The number of rotatable bonds is 4. The second kappa shape index (κ2) is 8.38. The van der Waals surface area contributed by atoms with Crippen LogP contribution in [0.2, 0.25) is 0 Å². The maximum Gasteiger partial charge on any atom is 0.261 e. The molecule has 0 radical (unpaired) electrons. The van der Waals surface area contributed by atoms with E-state index >= 15 is 0 Å². The summed E-state index contributed by atoms with van der Waals surface area (Å²) in [6.07, 6.45) is 6.85. The molecule has 186 valence electrons. The van der Waals surface area contributed by atoms with E-state index in [1.165, 1.54) is 0 Å². The van der Waals surface area contributed by atoms with Crippen LogP contribution in [-0.2, 0) is 12.1 Å². The van der Waals surface area contributed by atoms with E-state index in [9.17, 15) is 19.2 Å². The molecule has 0 spiro atoms. The van der Waals surface area contributed by atoms with Crippen molar-refractivity contribution in [3.8, 4) is 6.07 Å². The Kier molecular flexibility index (Phi) is 5.72. The molecule has 0 bridgehead atoms. The molecule has 0 saturated heterocycles. The van der Waals surface area contributed by atoms with E-state index in [2.05, 4.69) is 16.4 Å². The number of benzene rings is 1. The van der Waals surface area contributed by atoms with Crippen LogP contribution in [0.1, 0.15) is 64.9 Å². The third-order valence-corrected chi connectivity index (χ3v) is 9.51. The molecule has 1 fully saturated rings. The Morgan fingerprint density at radius 2 is 1.97 bits per heavy atom. The van der Waals surface area contributed by atoms with Crippen LogP contribution < -0.4 is 10.9 Å². The van der Waals surface area contributed by atoms with Gasteiger partial charge in [0.2, 0.25) is 0 Å². The number of hydrogen-bond donors (Lipinski definition) is 4. The lowest BCUT2D eigenvalue weighted by Crippen LogP contribution is -2.39. The van der Waals surface area contributed by atoms with Crippen LogP contribution in [0.3, 0.4) is 0 Å². The number of aromatic nitrogens is 3. The average Bonchev–Trinajstić information content (AvgIpc) is 3.30. The molecule has 3 heterocycles. The summed E-state index contributed by atoms with van der Waals surface area (Å²) in [5, 5.41) is 18.2. The zero-order valence-corrected chi connectivity index (χ0v) is 21.2. The minimum absolute atomic E-state index is 0.242. The molecule has 10 heteroatoms. The number of nitrogens with zero attached hydrogens (tertiary/aromatic N) is 4.